The number of hydrogen-bond donors (Lipinski definition) is 0. The number of nitro benzene ring substituents is 1. The zero-order chi connectivity index (χ0) is 22.9. The summed E-state index contributed by atoms with van der Waals surface area (Å²) in [6.45, 7) is 2.48. The van der Waals surface area contributed by atoms with Gasteiger partial charge in [0.25, 0.3) is 5.69 Å². The van der Waals surface area contributed by atoms with Gasteiger partial charge in [-0.2, -0.15) is 9.57 Å². The number of nitriles is 1. The average Bonchev–Trinajstić information content (AvgIpc) is 2.82. The number of para-hydroxylation sites is 1. The Balaban J connectivity index is 1.79. The third-order valence-corrected chi connectivity index (χ3v) is 7.71. The van der Waals surface area contributed by atoms with Crippen LogP contribution < -0.4 is 0 Å². The van der Waals surface area contributed by atoms with Crippen LogP contribution >= 0.6 is 0 Å². The second-order valence-corrected chi connectivity index (χ2v) is 9.50. The van der Waals surface area contributed by atoms with Crippen molar-refractivity contribution in [2.75, 3.05) is 6.54 Å². The zero-order valence-corrected chi connectivity index (χ0v) is 18.3. The van der Waals surface area contributed by atoms with Gasteiger partial charge in [-0.05, 0) is 59.4 Å². The maximum absolute atomic E-state index is 13.3. The number of aryl methyl sites for hydroxylation is 1. The molecule has 0 unspecified atom stereocenters. The van der Waals surface area contributed by atoms with Crippen LogP contribution in [0.5, 0.6) is 0 Å². The lowest BCUT2D eigenvalue weighted by Crippen LogP contribution is -2.36. The fraction of sp³-hybridized carbons (Fsp3) is 0.208. The first kappa shape index (κ1) is 21.7. The van der Waals surface area contributed by atoms with Crippen LogP contribution in [0.15, 0.2) is 65.6 Å². The van der Waals surface area contributed by atoms with E-state index in [0.29, 0.717) is 24.1 Å². The minimum absolute atomic E-state index is 0.00323. The van der Waals surface area contributed by atoms with E-state index in [1.807, 2.05) is 25.1 Å². The topological polar surface area (TPSA) is 104 Å². The number of rotatable bonds is 5. The molecule has 0 saturated carbocycles. The minimum atomic E-state index is -3.86. The Morgan fingerprint density at radius 2 is 1.84 bits per heavy atom. The van der Waals surface area contributed by atoms with Crippen LogP contribution in [-0.2, 0) is 29.4 Å². The molecular weight excluding hydrogens is 426 g/mol. The maximum atomic E-state index is 13.3. The van der Waals surface area contributed by atoms with Crippen molar-refractivity contribution in [3.05, 3.63) is 93.0 Å². The molecule has 162 valence electrons. The lowest BCUT2D eigenvalue weighted by atomic mass is 9.89. The smallest absolute Gasteiger partial charge is 0.258 e. The van der Waals surface area contributed by atoms with Crippen LogP contribution in [0.2, 0.25) is 0 Å². The van der Waals surface area contributed by atoms with E-state index in [-0.39, 0.29) is 22.7 Å². The van der Waals surface area contributed by atoms with Crippen LogP contribution in [0.4, 0.5) is 5.69 Å². The minimum Gasteiger partial charge on any atom is -0.258 e. The molecule has 0 aromatic heterocycles. The van der Waals surface area contributed by atoms with Gasteiger partial charge in [0, 0.05) is 19.2 Å². The summed E-state index contributed by atoms with van der Waals surface area (Å²) >= 11 is 0. The first-order chi connectivity index (χ1) is 15.4. The van der Waals surface area contributed by atoms with Gasteiger partial charge in [-0.25, -0.2) is 8.42 Å². The Kier molecular flexibility index (Phi) is 5.78. The maximum Gasteiger partial charge on any atom is 0.277 e. The number of nitro groups is 1. The molecule has 3 aromatic carbocycles. The number of sulfonamides is 1. The molecule has 0 spiro atoms. The van der Waals surface area contributed by atoms with Crippen molar-refractivity contribution < 1.29 is 13.3 Å². The fourth-order valence-corrected chi connectivity index (χ4v) is 5.80. The van der Waals surface area contributed by atoms with E-state index in [0.717, 1.165) is 23.1 Å². The Labute approximate surface area is 186 Å². The van der Waals surface area contributed by atoms with Gasteiger partial charge >= 0.3 is 0 Å². The zero-order valence-electron chi connectivity index (χ0n) is 17.5. The second kappa shape index (κ2) is 8.54. The molecule has 0 radical (unpaired) electrons. The molecule has 0 fully saturated rings. The summed E-state index contributed by atoms with van der Waals surface area (Å²) in [6.07, 6.45) is 1.28. The highest BCUT2D eigenvalue weighted by molar-refractivity contribution is 7.89. The summed E-state index contributed by atoms with van der Waals surface area (Å²) in [4.78, 5) is 11.1. The first-order valence-corrected chi connectivity index (χ1v) is 11.7. The van der Waals surface area contributed by atoms with Gasteiger partial charge in [0.05, 0.1) is 20.9 Å². The van der Waals surface area contributed by atoms with Crippen LogP contribution in [-0.4, -0.2) is 24.2 Å². The molecule has 1 heterocycles. The molecule has 0 N–H and O–H groups in total. The molecule has 0 atom stereocenters. The number of nitrogens with zero attached hydrogens (tertiary/aromatic N) is 3. The number of benzene rings is 3. The number of fused-ring (bicyclic) bond motifs is 1. The standard InChI is InChI=1S/C24H21N3O4S/c1-2-17-13-19(22-8-4-5-9-23(22)27(28)29)14-20-16-26(12-11-21(17)20)32(30,31)24-10-6-3-7-18(24)15-25/h3-10,13-14H,2,11-12,16H2,1H3. The van der Waals surface area contributed by atoms with Crippen molar-refractivity contribution in [1.29, 1.82) is 5.26 Å². The van der Waals surface area contributed by atoms with Crippen LogP contribution in [0.1, 0.15) is 29.2 Å². The van der Waals surface area contributed by atoms with Gasteiger partial charge in [0.1, 0.15) is 6.07 Å². The lowest BCUT2D eigenvalue weighted by Gasteiger charge is -2.30. The predicted molar refractivity (Wildman–Crippen MR) is 120 cm³/mol. The van der Waals surface area contributed by atoms with Gasteiger partial charge in [-0.3, -0.25) is 10.1 Å². The highest BCUT2D eigenvalue weighted by Crippen LogP contribution is 2.35. The van der Waals surface area contributed by atoms with Gasteiger partial charge in [-0.15, -0.1) is 0 Å². The summed E-state index contributed by atoms with van der Waals surface area (Å²) in [6, 6.07) is 18.5. The molecule has 0 amide bonds. The fourth-order valence-electron chi connectivity index (χ4n) is 4.24. The summed E-state index contributed by atoms with van der Waals surface area (Å²) in [5.41, 5.74) is 4.31. The number of hydrogen-bond acceptors (Lipinski definition) is 5. The van der Waals surface area contributed by atoms with Gasteiger partial charge < -0.3 is 0 Å². The largest absolute Gasteiger partial charge is 0.277 e. The van der Waals surface area contributed by atoms with E-state index in [1.165, 1.54) is 22.5 Å². The van der Waals surface area contributed by atoms with Crippen molar-refractivity contribution in [1.82, 2.24) is 4.31 Å². The average molecular weight is 448 g/mol. The van der Waals surface area contributed by atoms with Crippen molar-refractivity contribution in [2.24, 2.45) is 0 Å². The highest BCUT2D eigenvalue weighted by atomic mass is 32.2. The molecule has 7 nitrogen and oxygen atoms in total. The van der Waals surface area contributed by atoms with Crippen molar-refractivity contribution in [3.8, 4) is 17.2 Å². The van der Waals surface area contributed by atoms with Crippen LogP contribution in [0.3, 0.4) is 0 Å². The third kappa shape index (κ3) is 3.77. The quantitative estimate of drug-likeness (QED) is 0.425. The van der Waals surface area contributed by atoms with Gasteiger partial charge in [0.15, 0.2) is 0 Å². The molecule has 1 aliphatic rings. The summed E-state index contributed by atoms with van der Waals surface area (Å²) in [7, 11) is -3.86. The molecule has 0 aliphatic carbocycles. The summed E-state index contributed by atoms with van der Waals surface area (Å²) < 4.78 is 28.0. The highest BCUT2D eigenvalue weighted by Gasteiger charge is 2.31. The Morgan fingerprint density at radius 1 is 1.12 bits per heavy atom. The second-order valence-electron chi connectivity index (χ2n) is 7.60. The van der Waals surface area contributed by atoms with E-state index in [4.69, 9.17) is 0 Å². The van der Waals surface area contributed by atoms with Crippen molar-refractivity contribution in [2.45, 2.75) is 31.2 Å². The van der Waals surface area contributed by atoms with Crippen molar-refractivity contribution in [3.63, 3.8) is 0 Å². The van der Waals surface area contributed by atoms with E-state index >= 15 is 0 Å². The molecule has 3 aromatic rings. The van der Waals surface area contributed by atoms with E-state index in [9.17, 15) is 23.8 Å². The Morgan fingerprint density at radius 3 is 2.56 bits per heavy atom. The lowest BCUT2D eigenvalue weighted by molar-refractivity contribution is -0.384. The monoisotopic (exact) mass is 447 g/mol. The van der Waals surface area contributed by atoms with E-state index < -0.39 is 14.9 Å². The Bertz CT molecular complexity index is 1360. The molecule has 8 heteroatoms. The summed E-state index contributed by atoms with van der Waals surface area (Å²) in [5, 5.41) is 20.9. The summed E-state index contributed by atoms with van der Waals surface area (Å²) in [5.74, 6) is 0. The van der Waals surface area contributed by atoms with E-state index in [1.54, 1.807) is 30.3 Å². The first-order valence-electron chi connectivity index (χ1n) is 10.2. The SMILES string of the molecule is CCc1cc(-c2ccccc2[N+](=O)[O-])cc2c1CCN(S(=O)(=O)c1ccccc1C#N)C2. The van der Waals surface area contributed by atoms with Gasteiger partial charge in [0.2, 0.25) is 10.0 Å². The third-order valence-electron chi connectivity index (χ3n) is 5.81. The predicted octanol–water partition coefficient (Wildman–Crippen LogP) is 4.44. The molecule has 4 rings (SSSR count). The van der Waals surface area contributed by atoms with Crippen LogP contribution in [0, 0.1) is 21.4 Å². The van der Waals surface area contributed by atoms with Gasteiger partial charge in [-0.1, -0.05) is 37.3 Å². The van der Waals surface area contributed by atoms with Crippen molar-refractivity contribution >= 4 is 15.7 Å². The normalized spacial score (nSPS) is 13.9. The van der Waals surface area contributed by atoms with Crippen LogP contribution in [0.25, 0.3) is 11.1 Å². The molecular formula is C24H21N3O4S. The molecule has 0 saturated heterocycles. The Hall–Kier alpha value is -3.54. The molecule has 32 heavy (non-hydrogen) atoms. The molecule has 0 bridgehead atoms. The molecule has 1 aliphatic heterocycles. The van der Waals surface area contributed by atoms with E-state index in [2.05, 4.69) is 0 Å².